The minimum atomic E-state index is -1.31. The van der Waals surface area contributed by atoms with Gasteiger partial charge in [0.1, 0.15) is 6.54 Å². The highest BCUT2D eigenvalue weighted by Gasteiger charge is 2.12. The number of amides is 1. The van der Waals surface area contributed by atoms with Gasteiger partial charge in [0, 0.05) is 0 Å². The van der Waals surface area contributed by atoms with Crippen LogP contribution in [0.1, 0.15) is 11.7 Å². The van der Waals surface area contributed by atoms with Crippen LogP contribution < -0.4 is 16.6 Å². The molecule has 10 heteroatoms. The van der Waals surface area contributed by atoms with Crippen LogP contribution in [0.4, 0.5) is 9.18 Å². The van der Waals surface area contributed by atoms with E-state index < -0.39 is 42.4 Å². The van der Waals surface area contributed by atoms with Crippen molar-refractivity contribution in [3.63, 3.8) is 0 Å². The fourth-order valence-electron chi connectivity index (χ4n) is 1.10. The third kappa shape index (κ3) is 4.93. The molecule has 2 N–H and O–H groups in total. The van der Waals surface area contributed by atoms with Crippen molar-refractivity contribution in [3.05, 3.63) is 45.2 Å². The summed E-state index contributed by atoms with van der Waals surface area (Å²) in [4.78, 5) is 46.4. The lowest BCUT2D eigenvalue weighted by Crippen LogP contribution is -2.40. The zero-order valence-corrected chi connectivity index (χ0v) is 11.0. The lowest BCUT2D eigenvalue weighted by molar-refractivity contribution is 0.0207. The third-order valence-corrected chi connectivity index (χ3v) is 2.05. The van der Waals surface area contributed by atoms with Crippen LogP contribution in [-0.4, -0.2) is 34.9 Å². The zero-order chi connectivity index (χ0) is 16.0. The van der Waals surface area contributed by atoms with Gasteiger partial charge in [0.2, 0.25) is 12.6 Å². The van der Waals surface area contributed by atoms with E-state index in [-0.39, 0.29) is 0 Å². The van der Waals surface area contributed by atoms with Crippen molar-refractivity contribution in [1.29, 1.82) is 0 Å². The van der Waals surface area contributed by atoms with E-state index in [4.69, 9.17) is 4.74 Å². The minimum absolute atomic E-state index is 0.321. The lowest BCUT2D eigenvalue weighted by Gasteiger charge is -2.08. The van der Waals surface area contributed by atoms with Crippen molar-refractivity contribution in [2.45, 2.75) is 6.92 Å². The summed E-state index contributed by atoms with van der Waals surface area (Å²) in [5.74, 6) is -1.94. The molecule has 0 unspecified atom stereocenters. The van der Waals surface area contributed by atoms with E-state index in [2.05, 4.69) is 11.3 Å². The van der Waals surface area contributed by atoms with E-state index in [9.17, 15) is 23.6 Å². The Balaban J connectivity index is 2.56. The Morgan fingerprint density at radius 2 is 2.10 bits per heavy atom. The molecule has 1 heterocycles. The predicted molar refractivity (Wildman–Crippen MR) is 67.2 cm³/mol. The Labute approximate surface area is 117 Å². The number of nitrogens with one attached hydrogen (secondary N) is 2. The molecule has 0 atom stereocenters. The molecule has 0 aromatic carbocycles. The monoisotopic (exact) mass is 301 g/mol. The van der Waals surface area contributed by atoms with Gasteiger partial charge in [0.25, 0.3) is 11.5 Å². The largest absolute Gasteiger partial charge is 0.463 e. The fourth-order valence-corrected chi connectivity index (χ4v) is 1.10. The van der Waals surface area contributed by atoms with E-state index in [1.165, 1.54) is 0 Å². The van der Waals surface area contributed by atoms with Gasteiger partial charge >= 0.3 is 11.8 Å². The molecule has 0 fully saturated rings. The highest BCUT2D eigenvalue weighted by molar-refractivity contribution is 5.83. The molecule has 0 aliphatic heterocycles. The molecule has 9 nitrogen and oxygen atoms in total. The van der Waals surface area contributed by atoms with Gasteiger partial charge in [0.05, 0.1) is 12.0 Å². The number of carbonyl (C=O) groups excluding carboxylic acids is 2. The molecular weight excluding hydrogens is 289 g/mol. The standard InChI is InChI=1S/C11H12FN3O6/c1-6(2)20-5-21-11(19)13-3-8(16)15-4-7(12)9(17)14-10(15)18/h4H,1,3,5H2,2H3,(H,13,19)(H,14,17,18). The second-order valence-corrected chi connectivity index (χ2v) is 3.75. The average molecular weight is 301 g/mol. The number of aromatic amines is 1. The van der Waals surface area contributed by atoms with E-state index in [0.717, 1.165) is 0 Å². The first kappa shape index (κ1) is 16.1. The molecule has 0 radical (unpaired) electrons. The minimum Gasteiger partial charge on any atom is -0.463 e. The summed E-state index contributed by atoms with van der Waals surface area (Å²) in [6.07, 6.45) is -0.553. The van der Waals surface area contributed by atoms with Gasteiger partial charge in [-0.15, -0.1) is 0 Å². The molecule has 0 saturated carbocycles. The van der Waals surface area contributed by atoms with Crippen LogP contribution in [-0.2, 0) is 9.47 Å². The number of allylic oxidation sites excluding steroid dienone is 1. The van der Waals surface area contributed by atoms with Gasteiger partial charge in [-0.1, -0.05) is 6.58 Å². The molecule has 1 rings (SSSR count). The maximum atomic E-state index is 13.0. The van der Waals surface area contributed by atoms with Gasteiger partial charge < -0.3 is 14.8 Å². The number of hydrogen-bond donors (Lipinski definition) is 2. The first-order valence-corrected chi connectivity index (χ1v) is 5.55. The first-order valence-electron chi connectivity index (χ1n) is 5.55. The average Bonchev–Trinajstić information content (AvgIpc) is 2.39. The number of rotatable bonds is 5. The maximum absolute atomic E-state index is 13.0. The number of nitrogens with zero attached hydrogens (tertiary/aromatic N) is 1. The smallest absolute Gasteiger partial charge is 0.410 e. The molecule has 1 amide bonds. The Kier molecular flexibility index (Phi) is 5.40. The number of halogens is 1. The van der Waals surface area contributed by atoms with Gasteiger partial charge in [0.15, 0.2) is 0 Å². The van der Waals surface area contributed by atoms with Crippen molar-refractivity contribution in [3.8, 4) is 0 Å². The van der Waals surface area contributed by atoms with Crippen LogP contribution in [0.2, 0.25) is 0 Å². The van der Waals surface area contributed by atoms with Gasteiger partial charge in [-0.3, -0.25) is 14.6 Å². The Hall–Kier alpha value is -2.91. The van der Waals surface area contributed by atoms with Crippen molar-refractivity contribution in [1.82, 2.24) is 14.9 Å². The predicted octanol–water partition coefficient (Wildman–Crippen LogP) is -0.450. The SMILES string of the molecule is C=C(C)OCOC(=O)NCC(=O)n1cc(F)c(=O)[nH]c1=O. The normalized spacial score (nSPS) is 9.81. The molecule has 0 aliphatic carbocycles. The molecule has 1 aromatic heterocycles. The topological polar surface area (TPSA) is 119 Å². The van der Waals surface area contributed by atoms with E-state index in [1.807, 2.05) is 5.32 Å². The van der Waals surface area contributed by atoms with Crippen LogP contribution in [0.15, 0.2) is 28.1 Å². The third-order valence-electron chi connectivity index (χ3n) is 2.05. The summed E-state index contributed by atoms with van der Waals surface area (Å²) in [6.45, 7) is 3.90. The zero-order valence-electron chi connectivity index (χ0n) is 11.0. The highest BCUT2D eigenvalue weighted by atomic mass is 19.1. The van der Waals surface area contributed by atoms with Gasteiger partial charge in [-0.05, 0) is 6.92 Å². The molecule has 0 aliphatic rings. The quantitative estimate of drug-likeness (QED) is 0.561. The first-order chi connectivity index (χ1) is 9.81. The molecule has 1 aromatic rings. The van der Waals surface area contributed by atoms with Crippen molar-refractivity contribution >= 4 is 12.0 Å². The number of ether oxygens (including phenoxy) is 2. The van der Waals surface area contributed by atoms with Crippen LogP contribution in [0.5, 0.6) is 0 Å². The highest BCUT2D eigenvalue weighted by Crippen LogP contribution is 1.90. The van der Waals surface area contributed by atoms with Crippen LogP contribution in [0.3, 0.4) is 0 Å². The summed E-state index contributed by atoms with van der Waals surface area (Å²) in [6, 6.07) is 0. The second-order valence-electron chi connectivity index (χ2n) is 3.75. The summed E-state index contributed by atoms with van der Waals surface area (Å²) in [7, 11) is 0. The number of hydrogen-bond acceptors (Lipinski definition) is 6. The van der Waals surface area contributed by atoms with Crippen LogP contribution in [0.25, 0.3) is 0 Å². The van der Waals surface area contributed by atoms with Gasteiger partial charge in [-0.2, -0.15) is 4.39 Å². The van der Waals surface area contributed by atoms with Crippen LogP contribution >= 0.6 is 0 Å². The van der Waals surface area contributed by atoms with E-state index in [0.29, 0.717) is 16.5 Å². The number of aromatic nitrogens is 2. The fraction of sp³-hybridized carbons (Fsp3) is 0.273. The Bertz CT molecular complexity index is 677. The van der Waals surface area contributed by atoms with E-state index in [1.54, 1.807) is 11.9 Å². The molecule has 0 spiro atoms. The van der Waals surface area contributed by atoms with Crippen molar-refractivity contribution in [2.75, 3.05) is 13.3 Å². The molecule has 0 saturated heterocycles. The molecule has 114 valence electrons. The second kappa shape index (κ2) is 7.03. The molecule has 0 bridgehead atoms. The number of alkyl carbamates (subject to hydrolysis) is 1. The summed E-state index contributed by atoms with van der Waals surface area (Å²) in [5, 5.41) is 2.02. The molecular formula is C11H12FN3O6. The molecule has 21 heavy (non-hydrogen) atoms. The van der Waals surface area contributed by atoms with E-state index >= 15 is 0 Å². The summed E-state index contributed by atoms with van der Waals surface area (Å²) in [5.41, 5.74) is -2.36. The lowest BCUT2D eigenvalue weighted by atomic mass is 10.5. The Morgan fingerprint density at radius 3 is 2.71 bits per heavy atom. The number of H-pyrrole nitrogens is 1. The summed E-state index contributed by atoms with van der Waals surface area (Å²) < 4.78 is 22.5. The van der Waals surface area contributed by atoms with Gasteiger partial charge in [-0.25, -0.2) is 14.2 Å². The Morgan fingerprint density at radius 1 is 1.43 bits per heavy atom. The van der Waals surface area contributed by atoms with Crippen LogP contribution in [0, 0.1) is 5.82 Å². The summed E-state index contributed by atoms with van der Waals surface area (Å²) >= 11 is 0. The maximum Gasteiger partial charge on any atom is 0.410 e. The van der Waals surface area contributed by atoms with Crippen molar-refractivity contribution in [2.24, 2.45) is 0 Å². The number of carbonyl (C=O) groups is 2. The van der Waals surface area contributed by atoms with Crippen molar-refractivity contribution < 1.29 is 23.5 Å².